The van der Waals surface area contributed by atoms with E-state index in [9.17, 15) is 9.18 Å². The van der Waals surface area contributed by atoms with Gasteiger partial charge in [-0.05, 0) is 105 Å². The van der Waals surface area contributed by atoms with Crippen molar-refractivity contribution in [2.75, 3.05) is 38.2 Å². The summed E-state index contributed by atoms with van der Waals surface area (Å²) in [5.41, 5.74) is 4.09. The molecule has 0 spiro atoms. The zero-order valence-corrected chi connectivity index (χ0v) is 21.5. The molecule has 4 rings (SSSR count). The fourth-order valence-corrected chi connectivity index (χ4v) is 4.77. The van der Waals surface area contributed by atoms with Crippen LogP contribution in [-0.2, 0) is 6.54 Å². The number of ether oxygens (including phenoxy) is 2. The lowest BCUT2D eigenvalue weighted by molar-refractivity contribution is 0.0697. The number of carboxylic acids is 1. The lowest BCUT2D eigenvalue weighted by Crippen LogP contribution is -2.35. The van der Waals surface area contributed by atoms with E-state index in [0.29, 0.717) is 24.7 Å². The summed E-state index contributed by atoms with van der Waals surface area (Å²) in [5, 5.41) is 12.5. The molecule has 37 heavy (non-hydrogen) atoms. The SMILES string of the molecule is CCOc1cc(CN2CCC(CNc3ccc(C(=O)O)cc3)CC2)cc(OCC)c1-c1ccc(F)cc1. The Kier molecular flexibility index (Phi) is 9.01. The van der Waals surface area contributed by atoms with E-state index in [1.807, 2.05) is 26.0 Å². The number of nitrogens with zero attached hydrogens (tertiary/aromatic N) is 1. The van der Waals surface area contributed by atoms with Crippen molar-refractivity contribution in [3.05, 3.63) is 77.6 Å². The van der Waals surface area contributed by atoms with Gasteiger partial charge in [0.1, 0.15) is 17.3 Å². The average molecular weight is 507 g/mol. The smallest absolute Gasteiger partial charge is 0.335 e. The van der Waals surface area contributed by atoms with Crippen molar-refractivity contribution in [1.29, 1.82) is 0 Å². The van der Waals surface area contributed by atoms with Gasteiger partial charge in [0.15, 0.2) is 0 Å². The molecular weight excluding hydrogens is 471 g/mol. The highest BCUT2D eigenvalue weighted by Gasteiger charge is 2.21. The number of halogens is 1. The number of nitrogens with one attached hydrogen (secondary N) is 1. The Labute approximate surface area is 218 Å². The average Bonchev–Trinajstić information content (AvgIpc) is 2.90. The summed E-state index contributed by atoms with van der Waals surface area (Å²) < 4.78 is 25.6. The maximum atomic E-state index is 13.5. The van der Waals surface area contributed by atoms with E-state index in [4.69, 9.17) is 14.6 Å². The summed E-state index contributed by atoms with van der Waals surface area (Å²) in [6, 6.07) is 17.5. The number of hydrogen-bond acceptors (Lipinski definition) is 5. The number of piperidine rings is 1. The summed E-state index contributed by atoms with van der Waals surface area (Å²) >= 11 is 0. The summed E-state index contributed by atoms with van der Waals surface area (Å²) in [5.74, 6) is 0.886. The summed E-state index contributed by atoms with van der Waals surface area (Å²) in [6.45, 7) is 8.65. The summed E-state index contributed by atoms with van der Waals surface area (Å²) in [7, 11) is 0. The van der Waals surface area contributed by atoms with Crippen LogP contribution in [0.5, 0.6) is 11.5 Å². The third-order valence-electron chi connectivity index (χ3n) is 6.70. The van der Waals surface area contributed by atoms with Gasteiger partial charge >= 0.3 is 5.97 Å². The molecule has 2 N–H and O–H groups in total. The van der Waals surface area contributed by atoms with Crippen molar-refractivity contribution < 1.29 is 23.8 Å². The zero-order chi connectivity index (χ0) is 26.2. The van der Waals surface area contributed by atoms with E-state index in [2.05, 4.69) is 22.3 Å². The van der Waals surface area contributed by atoms with Crippen LogP contribution in [0, 0.1) is 11.7 Å². The predicted octanol–water partition coefficient (Wildman–Crippen LogP) is 6.31. The van der Waals surface area contributed by atoms with Crippen LogP contribution in [0.15, 0.2) is 60.7 Å². The van der Waals surface area contributed by atoms with Crippen LogP contribution in [0.2, 0.25) is 0 Å². The lowest BCUT2D eigenvalue weighted by atomic mass is 9.95. The molecule has 0 radical (unpaired) electrons. The van der Waals surface area contributed by atoms with Gasteiger partial charge in [-0.25, -0.2) is 9.18 Å². The third-order valence-corrected chi connectivity index (χ3v) is 6.70. The second-order valence-electron chi connectivity index (χ2n) is 9.32. The fourth-order valence-electron chi connectivity index (χ4n) is 4.77. The minimum absolute atomic E-state index is 0.272. The lowest BCUT2D eigenvalue weighted by Gasteiger charge is -2.32. The molecule has 0 atom stereocenters. The molecule has 0 saturated carbocycles. The van der Waals surface area contributed by atoms with Gasteiger partial charge in [-0.1, -0.05) is 12.1 Å². The number of likely N-dealkylation sites (tertiary alicyclic amines) is 1. The molecule has 0 amide bonds. The highest BCUT2D eigenvalue weighted by atomic mass is 19.1. The van der Waals surface area contributed by atoms with Gasteiger partial charge in [-0.2, -0.15) is 0 Å². The second kappa shape index (κ2) is 12.6. The Hall–Kier alpha value is -3.58. The molecule has 7 heteroatoms. The number of aromatic carboxylic acids is 1. The van der Waals surface area contributed by atoms with Crippen LogP contribution in [0.4, 0.5) is 10.1 Å². The third kappa shape index (κ3) is 7.01. The van der Waals surface area contributed by atoms with E-state index >= 15 is 0 Å². The van der Waals surface area contributed by atoms with Crippen molar-refractivity contribution >= 4 is 11.7 Å². The first-order chi connectivity index (χ1) is 18.0. The number of benzene rings is 3. The Morgan fingerprint density at radius 1 is 0.973 bits per heavy atom. The maximum absolute atomic E-state index is 13.5. The molecule has 1 aliphatic rings. The molecule has 3 aromatic rings. The van der Waals surface area contributed by atoms with Crippen LogP contribution in [0.25, 0.3) is 11.1 Å². The highest BCUT2D eigenvalue weighted by Crippen LogP contribution is 2.40. The van der Waals surface area contributed by atoms with Crippen LogP contribution >= 0.6 is 0 Å². The van der Waals surface area contributed by atoms with Crippen LogP contribution in [0.3, 0.4) is 0 Å². The number of hydrogen-bond donors (Lipinski definition) is 2. The Morgan fingerprint density at radius 3 is 2.11 bits per heavy atom. The van der Waals surface area contributed by atoms with Crippen molar-refractivity contribution in [2.24, 2.45) is 5.92 Å². The molecule has 3 aromatic carbocycles. The van der Waals surface area contributed by atoms with E-state index in [0.717, 1.165) is 72.9 Å². The first kappa shape index (κ1) is 26.5. The zero-order valence-electron chi connectivity index (χ0n) is 21.5. The van der Waals surface area contributed by atoms with Gasteiger partial charge in [-0.15, -0.1) is 0 Å². The normalized spacial score (nSPS) is 14.4. The number of rotatable bonds is 11. The van der Waals surface area contributed by atoms with E-state index in [1.54, 1.807) is 24.3 Å². The molecule has 0 unspecified atom stereocenters. The first-order valence-corrected chi connectivity index (χ1v) is 12.9. The first-order valence-electron chi connectivity index (χ1n) is 12.9. The molecule has 1 aliphatic heterocycles. The van der Waals surface area contributed by atoms with Crippen LogP contribution in [0.1, 0.15) is 42.6 Å². The van der Waals surface area contributed by atoms with Crippen molar-refractivity contribution in [2.45, 2.75) is 33.2 Å². The summed E-state index contributed by atoms with van der Waals surface area (Å²) in [6.07, 6.45) is 2.18. The Bertz CT molecular complexity index is 1150. The maximum Gasteiger partial charge on any atom is 0.335 e. The largest absolute Gasteiger partial charge is 0.493 e. The van der Waals surface area contributed by atoms with Gasteiger partial charge in [0.2, 0.25) is 0 Å². The molecule has 0 aliphatic carbocycles. The number of anilines is 1. The quantitative estimate of drug-likeness (QED) is 0.318. The topological polar surface area (TPSA) is 71.0 Å². The van der Waals surface area contributed by atoms with Gasteiger partial charge in [0.05, 0.1) is 24.3 Å². The predicted molar refractivity (Wildman–Crippen MR) is 144 cm³/mol. The summed E-state index contributed by atoms with van der Waals surface area (Å²) in [4.78, 5) is 13.5. The van der Waals surface area contributed by atoms with Crippen LogP contribution in [-0.4, -0.2) is 48.8 Å². The van der Waals surface area contributed by atoms with Gasteiger partial charge in [0, 0.05) is 18.8 Å². The van der Waals surface area contributed by atoms with E-state index in [-0.39, 0.29) is 5.82 Å². The molecule has 1 fully saturated rings. The number of carboxylic acid groups (broad SMARTS) is 1. The van der Waals surface area contributed by atoms with Crippen LogP contribution < -0.4 is 14.8 Å². The highest BCUT2D eigenvalue weighted by molar-refractivity contribution is 5.88. The van der Waals surface area contributed by atoms with E-state index < -0.39 is 5.97 Å². The van der Waals surface area contributed by atoms with Crippen molar-refractivity contribution in [3.8, 4) is 22.6 Å². The molecule has 1 saturated heterocycles. The van der Waals surface area contributed by atoms with Gasteiger partial charge < -0.3 is 19.9 Å². The molecule has 6 nitrogen and oxygen atoms in total. The minimum atomic E-state index is -0.911. The fraction of sp³-hybridized carbons (Fsp3) is 0.367. The minimum Gasteiger partial charge on any atom is -0.493 e. The van der Waals surface area contributed by atoms with Gasteiger partial charge in [-0.3, -0.25) is 4.90 Å². The molecule has 1 heterocycles. The van der Waals surface area contributed by atoms with Crippen molar-refractivity contribution in [3.63, 3.8) is 0 Å². The Morgan fingerprint density at radius 2 is 1.57 bits per heavy atom. The second-order valence-corrected chi connectivity index (χ2v) is 9.32. The molecular formula is C30H35FN2O4. The Balaban J connectivity index is 1.39. The van der Waals surface area contributed by atoms with Crippen molar-refractivity contribution in [1.82, 2.24) is 4.90 Å². The number of carbonyl (C=O) groups is 1. The molecule has 0 aromatic heterocycles. The monoisotopic (exact) mass is 506 g/mol. The van der Waals surface area contributed by atoms with E-state index in [1.165, 1.54) is 12.1 Å². The molecule has 0 bridgehead atoms. The van der Waals surface area contributed by atoms with Gasteiger partial charge in [0.25, 0.3) is 0 Å². The standard InChI is InChI=1S/C30H35FN2O4/c1-3-36-27-17-22(18-28(37-4-2)29(27)23-5-9-25(31)10-6-23)20-33-15-13-21(14-16-33)19-32-26-11-7-24(8-12-26)30(34)35/h5-12,17-18,21,32H,3-4,13-16,19-20H2,1-2H3,(H,34,35). The molecule has 196 valence electrons.